The molecule has 0 aliphatic heterocycles. The molecule has 0 fully saturated rings. The van der Waals surface area contributed by atoms with Gasteiger partial charge in [0.2, 0.25) is 5.76 Å². The van der Waals surface area contributed by atoms with E-state index in [1.807, 2.05) is 29.6 Å². The van der Waals surface area contributed by atoms with Gasteiger partial charge in [-0.25, -0.2) is 0 Å². The highest BCUT2D eigenvalue weighted by atomic mass is 32.1. The number of hydrogen-bond donors (Lipinski definition) is 2. The molecule has 0 aliphatic rings. The van der Waals surface area contributed by atoms with Gasteiger partial charge in [0.1, 0.15) is 0 Å². The van der Waals surface area contributed by atoms with Crippen molar-refractivity contribution >= 4 is 27.3 Å². The van der Waals surface area contributed by atoms with Crippen LogP contribution in [0, 0.1) is 0 Å². The second-order valence-electron chi connectivity index (χ2n) is 5.47. The van der Waals surface area contributed by atoms with Crippen LogP contribution in [0.5, 0.6) is 0 Å². The third-order valence-corrected chi connectivity index (χ3v) is 4.81. The van der Waals surface area contributed by atoms with E-state index in [9.17, 15) is 9.90 Å². The molecule has 25 heavy (non-hydrogen) atoms. The third-order valence-electron chi connectivity index (χ3n) is 3.83. The number of furan rings is 1. The number of benzene rings is 1. The van der Waals surface area contributed by atoms with Gasteiger partial charge in [-0.15, -0.1) is 11.3 Å². The van der Waals surface area contributed by atoms with E-state index < -0.39 is 12.0 Å². The van der Waals surface area contributed by atoms with Crippen molar-refractivity contribution in [2.24, 2.45) is 0 Å². The van der Waals surface area contributed by atoms with E-state index in [4.69, 9.17) is 8.94 Å². The largest absolute Gasteiger partial charge is 0.461 e. The summed E-state index contributed by atoms with van der Waals surface area (Å²) < 4.78 is 11.4. The van der Waals surface area contributed by atoms with E-state index in [2.05, 4.69) is 10.5 Å². The van der Waals surface area contributed by atoms with Gasteiger partial charge < -0.3 is 19.4 Å². The van der Waals surface area contributed by atoms with Crippen LogP contribution < -0.4 is 5.32 Å². The number of aliphatic hydroxyl groups is 1. The second kappa shape index (κ2) is 6.54. The molecule has 3 heterocycles. The van der Waals surface area contributed by atoms with Crippen molar-refractivity contribution in [1.82, 2.24) is 10.5 Å². The number of aromatic nitrogens is 1. The number of thiophene rings is 1. The zero-order valence-corrected chi connectivity index (χ0v) is 13.8. The number of amides is 1. The normalized spacial score (nSPS) is 12.4. The van der Waals surface area contributed by atoms with Crippen LogP contribution in [0.25, 0.3) is 21.6 Å². The summed E-state index contributed by atoms with van der Waals surface area (Å²) in [6.07, 6.45) is 0.718. The molecule has 1 amide bonds. The molecular weight excluding hydrogens is 340 g/mol. The van der Waals surface area contributed by atoms with Gasteiger partial charge >= 0.3 is 0 Å². The molecule has 4 aromatic rings. The van der Waals surface area contributed by atoms with Gasteiger partial charge in [-0.3, -0.25) is 4.79 Å². The number of nitrogens with one attached hydrogen (secondary N) is 1. The Balaban J connectivity index is 1.43. The number of nitrogens with zero attached hydrogens (tertiary/aromatic N) is 1. The van der Waals surface area contributed by atoms with E-state index in [1.54, 1.807) is 23.5 Å². The second-order valence-corrected chi connectivity index (χ2v) is 6.38. The maximum absolute atomic E-state index is 12.2. The van der Waals surface area contributed by atoms with Crippen molar-refractivity contribution in [3.63, 3.8) is 0 Å². The quantitative estimate of drug-likeness (QED) is 0.571. The molecule has 0 aliphatic carbocycles. The molecule has 4 rings (SSSR count). The van der Waals surface area contributed by atoms with Crippen LogP contribution in [0.3, 0.4) is 0 Å². The van der Waals surface area contributed by atoms with Gasteiger partial charge in [0.25, 0.3) is 5.91 Å². The summed E-state index contributed by atoms with van der Waals surface area (Å²) >= 11 is 1.56. The number of rotatable bonds is 5. The molecule has 1 atom stereocenters. The maximum Gasteiger partial charge on any atom is 0.273 e. The summed E-state index contributed by atoms with van der Waals surface area (Å²) in [5.41, 5.74) is 0.936. The van der Waals surface area contributed by atoms with Gasteiger partial charge in [0.15, 0.2) is 11.5 Å². The molecule has 7 heteroatoms. The minimum Gasteiger partial charge on any atom is -0.461 e. The summed E-state index contributed by atoms with van der Waals surface area (Å²) in [5.74, 6) is 0.455. The minimum atomic E-state index is -0.795. The molecule has 2 N–H and O–H groups in total. The molecule has 1 unspecified atom stereocenters. The minimum absolute atomic E-state index is 0.0858. The van der Waals surface area contributed by atoms with Crippen LogP contribution in [0.2, 0.25) is 0 Å². The fourth-order valence-corrected chi connectivity index (χ4v) is 3.57. The lowest BCUT2D eigenvalue weighted by molar-refractivity contribution is 0.0908. The van der Waals surface area contributed by atoms with Gasteiger partial charge in [0, 0.05) is 22.9 Å². The Kier molecular flexibility index (Phi) is 4.09. The topological polar surface area (TPSA) is 88.5 Å². The van der Waals surface area contributed by atoms with E-state index >= 15 is 0 Å². The van der Waals surface area contributed by atoms with Crippen molar-refractivity contribution in [3.05, 3.63) is 65.4 Å². The summed E-state index contributed by atoms with van der Waals surface area (Å²) in [7, 11) is 0. The van der Waals surface area contributed by atoms with E-state index in [0.717, 1.165) is 15.6 Å². The Morgan fingerprint density at radius 1 is 1.24 bits per heavy atom. The molecule has 0 saturated heterocycles. The van der Waals surface area contributed by atoms with Crippen molar-refractivity contribution in [1.29, 1.82) is 0 Å². The lowest BCUT2D eigenvalue weighted by Crippen LogP contribution is -2.28. The van der Waals surface area contributed by atoms with Gasteiger partial charge in [-0.1, -0.05) is 23.4 Å². The van der Waals surface area contributed by atoms with Gasteiger partial charge in [-0.05, 0) is 29.0 Å². The molecule has 0 radical (unpaired) electrons. The molecule has 6 nitrogen and oxygen atoms in total. The number of hydrogen-bond acceptors (Lipinski definition) is 6. The molecule has 0 saturated carbocycles. The Hall–Kier alpha value is -2.90. The van der Waals surface area contributed by atoms with E-state index in [-0.39, 0.29) is 12.2 Å². The van der Waals surface area contributed by atoms with Crippen LogP contribution in [0.1, 0.15) is 22.2 Å². The fourth-order valence-electron chi connectivity index (χ4n) is 2.56. The highest BCUT2D eigenvalue weighted by Crippen LogP contribution is 2.30. The first-order chi connectivity index (χ1) is 12.2. The molecular formula is C18H14N2O4S. The molecule has 1 aromatic carbocycles. The molecule has 126 valence electrons. The zero-order chi connectivity index (χ0) is 17.2. The molecule has 0 spiro atoms. The summed E-state index contributed by atoms with van der Waals surface area (Å²) in [6.45, 7) is 0.0858. The third kappa shape index (κ3) is 3.07. The number of carbonyl (C=O) groups is 1. The summed E-state index contributed by atoms with van der Waals surface area (Å²) in [4.78, 5) is 12.2. The highest BCUT2D eigenvalue weighted by molar-refractivity contribution is 7.17. The Morgan fingerprint density at radius 3 is 2.96 bits per heavy atom. The van der Waals surface area contributed by atoms with E-state index in [1.165, 1.54) is 12.3 Å². The lowest BCUT2D eigenvalue weighted by atomic mass is 10.1. The van der Waals surface area contributed by atoms with Crippen LogP contribution in [-0.4, -0.2) is 22.7 Å². The molecule has 0 bridgehead atoms. The van der Waals surface area contributed by atoms with Crippen LogP contribution >= 0.6 is 11.3 Å². The average Bonchev–Trinajstić information content (AvgIpc) is 3.38. The van der Waals surface area contributed by atoms with Gasteiger partial charge in [-0.2, -0.15) is 0 Å². The first kappa shape index (κ1) is 15.6. The van der Waals surface area contributed by atoms with E-state index in [0.29, 0.717) is 11.5 Å². The predicted octanol–water partition coefficient (Wildman–Crippen LogP) is 3.61. The van der Waals surface area contributed by atoms with Crippen LogP contribution in [0.4, 0.5) is 0 Å². The average molecular weight is 354 g/mol. The highest BCUT2D eigenvalue weighted by Gasteiger charge is 2.18. The first-order valence-electron chi connectivity index (χ1n) is 7.65. The predicted molar refractivity (Wildman–Crippen MR) is 93.3 cm³/mol. The van der Waals surface area contributed by atoms with Crippen molar-refractivity contribution in [2.75, 3.05) is 6.54 Å². The SMILES string of the molecule is O=C(NCC(O)c1csc2ccccc12)c1cc(-c2ccco2)on1. The van der Waals surface area contributed by atoms with Crippen LogP contribution in [-0.2, 0) is 0 Å². The maximum atomic E-state index is 12.2. The monoisotopic (exact) mass is 354 g/mol. The smallest absolute Gasteiger partial charge is 0.273 e. The summed E-state index contributed by atoms with van der Waals surface area (Å²) in [6, 6.07) is 12.8. The Bertz CT molecular complexity index is 1000. The fraction of sp³-hybridized carbons (Fsp3) is 0.111. The van der Waals surface area contributed by atoms with Crippen molar-refractivity contribution < 1.29 is 18.8 Å². The first-order valence-corrected chi connectivity index (χ1v) is 8.53. The lowest BCUT2D eigenvalue weighted by Gasteiger charge is -2.10. The van der Waals surface area contributed by atoms with Gasteiger partial charge in [0.05, 0.1) is 12.4 Å². The number of carbonyl (C=O) groups excluding carboxylic acids is 1. The standard InChI is InChI=1S/C18H14N2O4S/c21-14(12-10-25-17-6-2-1-4-11(12)17)9-19-18(22)13-8-16(24-20-13)15-5-3-7-23-15/h1-8,10,14,21H,9H2,(H,19,22). The number of aliphatic hydroxyl groups excluding tert-OH is 1. The van der Waals surface area contributed by atoms with Crippen molar-refractivity contribution in [2.45, 2.75) is 6.10 Å². The Labute approximate surface area is 146 Å². The molecule has 3 aromatic heterocycles. The van der Waals surface area contributed by atoms with Crippen molar-refractivity contribution in [3.8, 4) is 11.5 Å². The summed E-state index contributed by atoms with van der Waals surface area (Å²) in [5, 5.41) is 19.7. The number of fused-ring (bicyclic) bond motifs is 1. The Morgan fingerprint density at radius 2 is 2.12 bits per heavy atom. The van der Waals surface area contributed by atoms with Crippen LogP contribution in [0.15, 0.2) is 63.0 Å². The zero-order valence-electron chi connectivity index (χ0n) is 13.0.